The molecule has 17 heavy (non-hydrogen) atoms. The molecule has 1 aromatic carbocycles. The molecule has 1 aliphatic rings. The maximum absolute atomic E-state index is 6.21. The number of hydrogen-bond acceptors (Lipinski definition) is 2. The first-order valence-electron chi connectivity index (χ1n) is 6.03. The third-order valence-electron chi connectivity index (χ3n) is 3.33. The van der Waals surface area contributed by atoms with Crippen LogP contribution >= 0.6 is 23.2 Å². The molecule has 0 radical (unpaired) electrons. The van der Waals surface area contributed by atoms with Crippen molar-refractivity contribution < 1.29 is 0 Å². The summed E-state index contributed by atoms with van der Waals surface area (Å²) < 4.78 is 0. The van der Waals surface area contributed by atoms with E-state index in [4.69, 9.17) is 23.2 Å². The SMILES string of the molecule is CNCC1CCCN1Cc1ccc(Cl)cc1Cl. The molecule has 1 N–H and O–H groups in total. The smallest absolute Gasteiger partial charge is 0.0465 e. The van der Waals surface area contributed by atoms with Crippen LogP contribution in [0.25, 0.3) is 0 Å². The standard InChI is InChI=1S/C13H18Cl2N2/c1-16-8-12-3-2-6-17(12)9-10-4-5-11(14)7-13(10)15/h4-5,7,12,16H,2-3,6,8-9H2,1H3. The van der Waals surface area contributed by atoms with Crippen molar-refractivity contribution in [3.05, 3.63) is 33.8 Å². The molecule has 0 aromatic heterocycles. The van der Waals surface area contributed by atoms with Gasteiger partial charge in [0.25, 0.3) is 0 Å². The summed E-state index contributed by atoms with van der Waals surface area (Å²) in [5, 5.41) is 4.73. The number of rotatable bonds is 4. The third kappa shape index (κ3) is 3.35. The highest BCUT2D eigenvalue weighted by molar-refractivity contribution is 6.35. The van der Waals surface area contributed by atoms with Crippen LogP contribution in [-0.4, -0.2) is 31.1 Å². The van der Waals surface area contributed by atoms with Crippen LogP contribution in [0.3, 0.4) is 0 Å². The second-order valence-corrected chi connectivity index (χ2v) is 5.40. The molecule has 0 amide bonds. The molecule has 1 saturated heterocycles. The first-order valence-corrected chi connectivity index (χ1v) is 6.79. The first kappa shape index (κ1) is 13.2. The molecule has 1 aromatic rings. The normalized spacial score (nSPS) is 21.0. The molecule has 1 fully saturated rings. The third-order valence-corrected chi connectivity index (χ3v) is 3.91. The van der Waals surface area contributed by atoms with E-state index < -0.39 is 0 Å². The molecular weight excluding hydrogens is 255 g/mol. The van der Waals surface area contributed by atoms with Gasteiger partial charge in [0, 0.05) is 29.2 Å². The average Bonchev–Trinajstić information content (AvgIpc) is 2.71. The van der Waals surface area contributed by atoms with E-state index >= 15 is 0 Å². The van der Waals surface area contributed by atoms with Gasteiger partial charge >= 0.3 is 0 Å². The van der Waals surface area contributed by atoms with E-state index in [1.165, 1.54) is 18.4 Å². The molecule has 0 spiro atoms. The second kappa shape index (κ2) is 6.05. The highest BCUT2D eigenvalue weighted by Gasteiger charge is 2.24. The topological polar surface area (TPSA) is 15.3 Å². The summed E-state index contributed by atoms with van der Waals surface area (Å²) >= 11 is 12.1. The summed E-state index contributed by atoms with van der Waals surface area (Å²) in [5.74, 6) is 0. The number of halogens is 2. The van der Waals surface area contributed by atoms with Crippen molar-refractivity contribution in [3.63, 3.8) is 0 Å². The van der Waals surface area contributed by atoms with Gasteiger partial charge in [0.1, 0.15) is 0 Å². The lowest BCUT2D eigenvalue weighted by atomic mass is 10.2. The summed E-state index contributed by atoms with van der Waals surface area (Å²) in [6.45, 7) is 3.12. The second-order valence-electron chi connectivity index (χ2n) is 4.56. The number of likely N-dealkylation sites (N-methyl/N-ethyl adjacent to an activating group) is 1. The predicted molar refractivity (Wildman–Crippen MR) is 73.8 cm³/mol. The Hall–Kier alpha value is -0.280. The van der Waals surface area contributed by atoms with E-state index in [2.05, 4.69) is 10.2 Å². The van der Waals surface area contributed by atoms with Crippen LogP contribution in [0.15, 0.2) is 18.2 Å². The minimum Gasteiger partial charge on any atom is -0.318 e. The lowest BCUT2D eigenvalue weighted by Gasteiger charge is -2.24. The van der Waals surface area contributed by atoms with E-state index in [0.717, 1.165) is 24.7 Å². The monoisotopic (exact) mass is 272 g/mol. The Labute approximate surface area is 113 Å². The molecule has 1 unspecified atom stereocenters. The van der Waals surface area contributed by atoms with Gasteiger partial charge in [0.15, 0.2) is 0 Å². The predicted octanol–water partition coefficient (Wildman–Crippen LogP) is 3.18. The number of nitrogens with one attached hydrogen (secondary N) is 1. The van der Waals surface area contributed by atoms with Crippen molar-refractivity contribution in [1.29, 1.82) is 0 Å². The lowest BCUT2D eigenvalue weighted by Crippen LogP contribution is -2.36. The van der Waals surface area contributed by atoms with E-state index in [1.54, 1.807) is 0 Å². The Kier molecular flexibility index (Phi) is 4.69. The molecule has 0 bridgehead atoms. The van der Waals surface area contributed by atoms with E-state index in [9.17, 15) is 0 Å². The summed E-state index contributed by atoms with van der Waals surface area (Å²) in [5.41, 5.74) is 1.17. The van der Waals surface area contributed by atoms with Crippen molar-refractivity contribution in [1.82, 2.24) is 10.2 Å². The number of hydrogen-bond donors (Lipinski definition) is 1. The molecule has 4 heteroatoms. The first-order chi connectivity index (χ1) is 8.20. The fourth-order valence-corrected chi connectivity index (χ4v) is 2.91. The largest absolute Gasteiger partial charge is 0.318 e. The Morgan fingerprint density at radius 2 is 2.24 bits per heavy atom. The Bertz CT molecular complexity index is 382. The number of nitrogens with zero attached hydrogens (tertiary/aromatic N) is 1. The van der Waals surface area contributed by atoms with Crippen LogP contribution in [-0.2, 0) is 6.54 Å². The Morgan fingerprint density at radius 3 is 2.94 bits per heavy atom. The quantitative estimate of drug-likeness (QED) is 0.906. The van der Waals surface area contributed by atoms with Crippen LogP contribution in [0.1, 0.15) is 18.4 Å². The van der Waals surface area contributed by atoms with E-state index in [-0.39, 0.29) is 0 Å². The van der Waals surface area contributed by atoms with E-state index in [0.29, 0.717) is 11.1 Å². The molecule has 0 aliphatic carbocycles. The van der Waals surface area contributed by atoms with Crippen molar-refractivity contribution in [2.45, 2.75) is 25.4 Å². The van der Waals surface area contributed by atoms with Gasteiger partial charge in [-0.25, -0.2) is 0 Å². The summed E-state index contributed by atoms with van der Waals surface area (Å²) in [6.07, 6.45) is 2.55. The zero-order valence-electron chi connectivity index (χ0n) is 10.0. The minimum absolute atomic E-state index is 0.631. The minimum atomic E-state index is 0.631. The van der Waals surface area contributed by atoms with Crippen molar-refractivity contribution in [2.75, 3.05) is 20.1 Å². The van der Waals surface area contributed by atoms with Gasteiger partial charge in [-0.2, -0.15) is 0 Å². The number of likely N-dealkylation sites (tertiary alicyclic amines) is 1. The molecule has 1 atom stereocenters. The lowest BCUT2D eigenvalue weighted by molar-refractivity contribution is 0.242. The molecule has 1 aliphatic heterocycles. The summed E-state index contributed by atoms with van der Waals surface area (Å²) in [6, 6.07) is 6.39. The molecule has 0 saturated carbocycles. The zero-order chi connectivity index (χ0) is 12.3. The van der Waals surface area contributed by atoms with Crippen LogP contribution in [0, 0.1) is 0 Å². The van der Waals surface area contributed by atoms with Crippen LogP contribution in [0.2, 0.25) is 10.0 Å². The fraction of sp³-hybridized carbons (Fsp3) is 0.538. The molecule has 94 valence electrons. The Morgan fingerprint density at radius 1 is 1.41 bits per heavy atom. The summed E-state index contributed by atoms with van der Waals surface area (Å²) in [4.78, 5) is 2.49. The van der Waals surface area contributed by atoms with Crippen LogP contribution in [0.5, 0.6) is 0 Å². The van der Waals surface area contributed by atoms with Gasteiger partial charge in [-0.05, 0) is 44.1 Å². The van der Waals surface area contributed by atoms with Crippen molar-refractivity contribution in [3.8, 4) is 0 Å². The maximum atomic E-state index is 6.21. The van der Waals surface area contributed by atoms with Gasteiger partial charge in [-0.15, -0.1) is 0 Å². The van der Waals surface area contributed by atoms with Crippen molar-refractivity contribution >= 4 is 23.2 Å². The summed E-state index contributed by atoms with van der Waals surface area (Å²) in [7, 11) is 2.01. The highest BCUT2D eigenvalue weighted by Crippen LogP contribution is 2.25. The molecule has 2 rings (SSSR count). The maximum Gasteiger partial charge on any atom is 0.0465 e. The number of benzene rings is 1. The average molecular weight is 273 g/mol. The van der Waals surface area contributed by atoms with Gasteiger partial charge in [-0.1, -0.05) is 29.3 Å². The van der Waals surface area contributed by atoms with Gasteiger partial charge in [-0.3, -0.25) is 4.90 Å². The fourth-order valence-electron chi connectivity index (χ4n) is 2.44. The Balaban J connectivity index is 2.04. The molecule has 1 heterocycles. The van der Waals surface area contributed by atoms with Gasteiger partial charge < -0.3 is 5.32 Å². The van der Waals surface area contributed by atoms with E-state index in [1.807, 2.05) is 25.2 Å². The van der Waals surface area contributed by atoms with Crippen LogP contribution < -0.4 is 5.32 Å². The van der Waals surface area contributed by atoms with Crippen LogP contribution in [0.4, 0.5) is 0 Å². The molecular formula is C13H18Cl2N2. The van der Waals surface area contributed by atoms with Gasteiger partial charge in [0.05, 0.1) is 0 Å². The van der Waals surface area contributed by atoms with Crippen molar-refractivity contribution in [2.24, 2.45) is 0 Å². The molecule has 2 nitrogen and oxygen atoms in total. The zero-order valence-corrected chi connectivity index (χ0v) is 11.6. The van der Waals surface area contributed by atoms with Gasteiger partial charge in [0.2, 0.25) is 0 Å². The highest BCUT2D eigenvalue weighted by atomic mass is 35.5.